The third kappa shape index (κ3) is 5.83. The van der Waals surface area contributed by atoms with Crippen LogP contribution in [0.1, 0.15) is 0 Å². The molecule has 0 fully saturated rings. The fraction of sp³-hybridized carbons (Fsp3) is 0.200. The topological polar surface area (TPSA) is 80.8 Å². The molecular formula is C15H11Cl6NO5S2. The van der Waals surface area contributed by atoms with Gasteiger partial charge in [-0.2, -0.15) is 12.7 Å². The summed E-state index contributed by atoms with van der Waals surface area (Å²) in [5, 5.41) is -0.209. The van der Waals surface area contributed by atoms with Crippen LogP contribution in [-0.4, -0.2) is 41.3 Å². The molecule has 0 amide bonds. The predicted octanol–water partition coefficient (Wildman–Crippen LogP) is 5.63. The molecule has 0 heterocycles. The van der Waals surface area contributed by atoms with Crippen molar-refractivity contribution in [2.75, 3.05) is 20.2 Å². The van der Waals surface area contributed by atoms with E-state index in [1.54, 1.807) is 0 Å². The lowest BCUT2D eigenvalue weighted by Crippen LogP contribution is -2.31. The van der Waals surface area contributed by atoms with Crippen LogP contribution >= 0.6 is 69.6 Å². The maximum absolute atomic E-state index is 12.7. The van der Waals surface area contributed by atoms with Crippen LogP contribution in [0.3, 0.4) is 0 Å². The van der Waals surface area contributed by atoms with E-state index in [4.69, 9.17) is 73.8 Å². The Balaban J connectivity index is 2.16. The van der Waals surface area contributed by atoms with Crippen LogP contribution in [0.2, 0.25) is 30.1 Å². The lowest BCUT2D eigenvalue weighted by molar-refractivity contribution is 0.289. The highest BCUT2D eigenvalue weighted by atomic mass is 35.5. The number of likely N-dealkylation sites (N-methyl/N-ethyl adjacent to an activating group) is 1. The molecule has 0 aliphatic heterocycles. The highest BCUT2D eigenvalue weighted by molar-refractivity contribution is 7.89. The summed E-state index contributed by atoms with van der Waals surface area (Å²) in [7, 11) is -7.19. The van der Waals surface area contributed by atoms with E-state index in [0.717, 1.165) is 22.5 Å². The first-order valence-electron chi connectivity index (χ1n) is 7.42. The summed E-state index contributed by atoms with van der Waals surface area (Å²) >= 11 is 35.1. The Labute approximate surface area is 198 Å². The van der Waals surface area contributed by atoms with E-state index >= 15 is 0 Å². The predicted molar refractivity (Wildman–Crippen MR) is 116 cm³/mol. The molecule has 160 valence electrons. The molecular weight excluding hydrogens is 551 g/mol. The molecule has 0 radical (unpaired) electrons. The van der Waals surface area contributed by atoms with E-state index in [1.165, 1.54) is 13.1 Å². The van der Waals surface area contributed by atoms with Gasteiger partial charge in [-0.1, -0.05) is 69.6 Å². The molecule has 0 bridgehead atoms. The smallest absolute Gasteiger partial charge is 0.265 e. The van der Waals surface area contributed by atoms with Crippen molar-refractivity contribution in [3.05, 3.63) is 54.4 Å². The average molecular weight is 562 g/mol. The van der Waals surface area contributed by atoms with E-state index in [9.17, 15) is 16.8 Å². The number of hydrogen-bond donors (Lipinski definition) is 0. The van der Waals surface area contributed by atoms with Gasteiger partial charge in [0, 0.05) is 13.6 Å². The molecule has 0 N–H and O–H groups in total. The van der Waals surface area contributed by atoms with Crippen LogP contribution in [-0.2, 0) is 24.3 Å². The van der Waals surface area contributed by atoms with Crippen LogP contribution in [0.15, 0.2) is 34.1 Å². The maximum atomic E-state index is 12.7. The summed E-state index contributed by atoms with van der Waals surface area (Å²) in [5.41, 5.74) is 0. The zero-order chi connectivity index (χ0) is 22.1. The van der Waals surface area contributed by atoms with Crippen molar-refractivity contribution in [1.29, 1.82) is 0 Å². The Morgan fingerprint density at radius 1 is 0.724 bits per heavy atom. The second kappa shape index (κ2) is 9.65. The molecule has 0 atom stereocenters. The first-order valence-corrected chi connectivity index (χ1v) is 12.5. The SMILES string of the molecule is CN(CCOS(=O)(=O)c1cc(Cl)c(Cl)cc1Cl)S(=O)(=O)c1cc(Cl)c(Cl)cc1Cl. The highest BCUT2D eigenvalue weighted by Crippen LogP contribution is 2.34. The van der Waals surface area contributed by atoms with Crippen LogP contribution in [0.25, 0.3) is 0 Å². The third-order valence-electron chi connectivity index (χ3n) is 3.55. The summed E-state index contributed by atoms with van der Waals surface area (Å²) in [5.74, 6) is 0. The first-order chi connectivity index (χ1) is 13.3. The fourth-order valence-electron chi connectivity index (χ4n) is 2.02. The fourth-order valence-corrected chi connectivity index (χ4v) is 6.03. The van der Waals surface area contributed by atoms with E-state index < -0.39 is 31.6 Å². The van der Waals surface area contributed by atoms with Gasteiger partial charge in [0.2, 0.25) is 10.0 Å². The number of nitrogens with zero attached hydrogens (tertiary/aromatic N) is 1. The molecule has 0 unspecified atom stereocenters. The van der Waals surface area contributed by atoms with Crippen molar-refractivity contribution in [2.45, 2.75) is 9.79 Å². The molecule has 2 aromatic rings. The number of rotatable bonds is 7. The summed E-state index contributed by atoms with van der Waals surface area (Å²) in [6.45, 7) is -0.829. The summed E-state index contributed by atoms with van der Waals surface area (Å²) in [4.78, 5) is -0.682. The van der Waals surface area contributed by atoms with Crippen molar-refractivity contribution in [2.24, 2.45) is 0 Å². The van der Waals surface area contributed by atoms with Crippen LogP contribution in [0.5, 0.6) is 0 Å². The second-order valence-electron chi connectivity index (χ2n) is 5.50. The molecule has 0 aliphatic carbocycles. The number of hydrogen-bond acceptors (Lipinski definition) is 5. The molecule has 0 aliphatic rings. The maximum Gasteiger partial charge on any atom is 0.298 e. The van der Waals surface area contributed by atoms with Gasteiger partial charge in [0.1, 0.15) is 9.79 Å². The van der Waals surface area contributed by atoms with Crippen LogP contribution < -0.4 is 0 Å². The lowest BCUT2D eigenvalue weighted by Gasteiger charge is -2.18. The molecule has 0 saturated carbocycles. The summed E-state index contributed by atoms with van der Waals surface area (Å²) < 4.78 is 55.7. The van der Waals surface area contributed by atoms with Gasteiger partial charge in [0.25, 0.3) is 10.1 Å². The molecule has 29 heavy (non-hydrogen) atoms. The Hall–Kier alpha value is -0.000000000000000222. The van der Waals surface area contributed by atoms with Gasteiger partial charge in [-0.05, 0) is 24.3 Å². The monoisotopic (exact) mass is 559 g/mol. The van der Waals surface area contributed by atoms with Gasteiger partial charge >= 0.3 is 0 Å². The van der Waals surface area contributed by atoms with Gasteiger partial charge in [-0.15, -0.1) is 0 Å². The van der Waals surface area contributed by atoms with Crippen LogP contribution in [0, 0.1) is 0 Å². The van der Waals surface area contributed by atoms with Gasteiger partial charge < -0.3 is 0 Å². The molecule has 6 nitrogen and oxygen atoms in total. The van der Waals surface area contributed by atoms with E-state index in [2.05, 4.69) is 0 Å². The number of benzene rings is 2. The van der Waals surface area contributed by atoms with Gasteiger partial charge in [-0.25, -0.2) is 8.42 Å². The van der Waals surface area contributed by atoms with Crippen molar-refractivity contribution in [1.82, 2.24) is 4.31 Å². The molecule has 2 aromatic carbocycles. The average Bonchev–Trinajstić information content (AvgIpc) is 2.60. The quantitative estimate of drug-likeness (QED) is 0.323. The molecule has 0 saturated heterocycles. The van der Waals surface area contributed by atoms with Gasteiger partial charge in [0.15, 0.2) is 0 Å². The Kier molecular flexibility index (Phi) is 8.40. The Morgan fingerprint density at radius 3 is 1.66 bits per heavy atom. The van der Waals surface area contributed by atoms with E-state index in [0.29, 0.717) is 0 Å². The third-order valence-corrected chi connectivity index (χ3v) is 9.10. The lowest BCUT2D eigenvalue weighted by atomic mass is 10.4. The van der Waals surface area contributed by atoms with Crippen molar-refractivity contribution >= 4 is 89.7 Å². The molecule has 14 heteroatoms. The largest absolute Gasteiger partial charge is 0.298 e. The Bertz CT molecular complexity index is 1150. The highest BCUT2D eigenvalue weighted by Gasteiger charge is 2.26. The summed E-state index contributed by atoms with van der Waals surface area (Å²) in [6, 6.07) is 4.49. The minimum Gasteiger partial charge on any atom is -0.265 e. The number of halogens is 6. The zero-order valence-corrected chi connectivity index (χ0v) is 20.5. The van der Waals surface area contributed by atoms with Gasteiger partial charge in [0.05, 0.1) is 36.7 Å². The molecule has 0 spiro atoms. The molecule has 2 rings (SSSR count). The summed E-state index contributed by atoms with van der Waals surface area (Å²) in [6.07, 6.45) is 0. The Morgan fingerprint density at radius 2 is 1.14 bits per heavy atom. The van der Waals surface area contributed by atoms with Crippen LogP contribution in [0.4, 0.5) is 0 Å². The van der Waals surface area contributed by atoms with Gasteiger partial charge in [-0.3, -0.25) is 4.18 Å². The first kappa shape index (κ1) is 25.3. The van der Waals surface area contributed by atoms with Crippen molar-refractivity contribution in [3.63, 3.8) is 0 Å². The van der Waals surface area contributed by atoms with Crippen molar-refractivity contribution in [3.8, 4) is 0 Å². The number of sulfonamides is 1. The normalized spacial score (nSPS) is 12.6. The minimum atomic E-state index is -4.32. The van der Waals surface area contributed by atoms with E-state index in [1.807, 2.05) is 0 Å². The minimum absolute atomic E-state index is 0.00358. The second-order valence-corrected chi connectivity index (χ2v) is 11.5. The zero-order valence-electron chi connectivity index (χ0n) is 14.3. The standard InChI is InChI=1S/C15H11Cl6NO5S2/c1-22(28(23,24)14-6-10(18)8(16)4-12(14)20)2-3-27-29(25,26)15-7-11(19)9(17)5-13(15)21/h4-7H,2-3H2,1H3. The van der Waals surface area contributed by atoms with Crippen molar-refractivity contribution < 1.29 is 21.0 Å². The molecule has 0 aromatic heterocycles. The van der Waals surface area contributed by atoms with E-state index in [-0.39, 0.29) is 41.6 Å².